The number of ether oxygens (including phenoxy) is 1. The van der Waals surface area contributed by atoms with E-state index in [1.807, 2.05) is 6.92 Å². The topological polar surface area (TPSA) is 207 Å². The van der Waals surface area contributed by atoms with Crippen molar-refractivity contribution in [2.75, 3.05) is 6.54 Å². The van der Waals surface area contributed by atoms with Crippen molar-refractivity contribution in [3.63, 3.8) is 0 Å². The molecule has 0 unspecified atom stereocenters. The number of imidazole rings is 1. The lowest BCUT2D eigenvalue weighted by Gasteiger charge is -2.23. The lowest BCUT2D eigenvalue weighted by atomic mass is 10.1. The number of carbonyl (C=O) groups is 5. The average Bonchev–Trinajstić information content (AvgIpc) is 3.51. The Balaban J connectivity index is 1.73. The molecule has 15 nitrogen and oxygen atoms in total. The van der Waals surface area contributed by atoms with Crippen LogP contribution in [0, 0.1) is 6.92 Å². The molecule has 0 bridgehead atoms. The molecule has 3 rings (SSSR count). The van der Waals surface area contributed by atoms with Crippen LogP contribution in [0.3, 0.4) is 0 Å². The summed E-state index contributed by atoms with van der Waals surface area (Å²) in [7, 11) is -3.98. The van der Waals surface area contributed by atoms with Crippen molar-refractivity contribution in [3.05, 3.63) is 83.9 Å². The van der Waals surface area contributed by atoms with E-state index in [1.54, 1.807) is 70.2 Å². The molecule has 0 saturated heterocycles. The van der Waals surface area contributed by atoms with Gasteiger partial charge in [0, 0.05) is 25.5 Å². The Hall–Kier alpha value is -5.25. The zero-order valence-corrected chi connectivity index (χ0v) is 28.2. The summed E-state index contributed by atoms with van der Waals surface area (Å²) in [6.07, 6.45) is 1.35. The maximum absolute atomic E-state index is 13.3. The molecule has 0 radical (unpaired) electrons. The third kappa shape index (κ3) is 11.5. The van der Waals surface area contributed by atoms with E-state index in [0.29, 0.717) is 0 Å². The second-order valence-corrected chi connectivity index (χ2v) is 13.7. The maximum atomic E-state index is 13.3. The molecule has 1 aromatic heterocycles. The number of aromatic nitrogens is 2. The Kier molecular flexibility index (Phi) is 12.8. The number of alkyl carbamates (subject to hydrolysis) is 1. The van der Waals surface area contributed by atoms with Gasteiger partial charge in [-0.25, -0.2) is 22.2 Å². The zero-order chi connectivity index (χ0) is 35.5. The van der Waals surface area contributed by atoms with Crippen molar-refractivity contribution in [2.45, 2.75) is 76.5 Å². The van der Waals surface area contributed by atoms with Crippen LogP contribution in [-0.2, 0) is 46.8 Å². The van der Waals surface area contributed by atoms with Crippen LogP contribution in [0.2, 0.25) is 0 Å². The summed E-state index contributed by atoms with van der Waals surface area (Å²) < 4.78 is 32.4. The number of hydrogen-bond donors (Lipinski definition) is 5. The molecule has 5 amide bonds. The molecule has 5 N–H and O–H groups in total. The maximum Gasteiger partial charge on any atom is 0.408 e. The van der Waals surface area contributed by atoms with E-state index in [9.17, 15) is 32.4 Å². The van der Waals surface area contributed by atoms with Crippen LogP contribution in [0.4, 0.5) is 4.79 Å². The molecule has 1 heterocycles. The quantitative estimate of drug-likeness (QED) is 0.164. The predicted molar refractivity (Wildman–Crippen MR) is 175 cm³/mol. The van der Waals surface area contributed by atoms with E-state index in [1.165, 1.54) is 18.3 Å². The second kappa shape index (κ2) is 16.5. The molecule has 0 aliphatic heterocycles. The fourth-order valence-electron chi connectivity index (χ4n) is 4.18. The summed E-state index contributed by atoms with van der Waals surface area (Å²) in [6.45, 7) is 7.77. The fourth-order valence-corrected chi connectivity index (χ4v) is 5.34. The smallest absolute Gasteiger partial charge is 0.408 e. The Morgan fingerprint density at radius 3 is 2.12 bits per heavy atom. The van der Waals surface area contributed by atoms with Crippen molar-refractivity contribution >= 4 is 39.7 Å². The summed E-state index contributed by atoms with van der Waals surface area (Å²) >= 11 is 0. The van der Waals surface area contributed by atoms with Crippen LogP contribution < -0.4 is 26.8 Å². The zero-order valence-electron chi connectivity index (χ0n) is 27.4. The first-order chi connectivity index (χ1) is 22.6. The van der Waals surface area contributed by atoms with E-state index in [4.69, 9.17) is 4.74 Å². The molecule has 16 heteroatoms. The summed E-state index contributed by atoms with van der Waals surface area (Å²) in [5, 5.41) is 7.43. The number of carbonyl (C=O) groups excluding carboxylic acids is 5. The number of hydrazine groups is 1. The van der Waals surface area contributed by atoms with Gasteiger partial charge in [0.05, 0.1) is 17.1 Å². The van der Waals surface area contributed by atoms with Crippen molar-refractivity contribution in [1.29, 1.82) is 0 Å². The lowest BCUT2D eigenvalue weighted by molar-refractivity contribution is -0.132. The van der Waals surface area contributed by atoms with Gasteiger partial charge in [0.1, 0.15) is 24.0 Å². The monoisotopic (exact) mass is 683 g/mol. The fraction of sp³-hybridized carbons (Fsp3) is 0.375. The van der Waals surface area contributed by atoms with Crippen LogP contribution in [0.25, 0.3) is 0 Å². The van der Waals surface area contributed by atoms with Crippen molar-refractivity contribution < 1.29 is 37.1 Å². The molecule has 2 aromatic carbocycles. The summed E-state index contributed by atoms with van der Waals surface area (Å²) in [6, 6.07) is 12.7. The van der Waals surface area contributed by atoms with Gasteiger partial charge < -0.3 is 20.7 Å². The molecular weight excluding hydrogens is 642 g/mol. The Morgan fingerprint density at radius 2 is 1.50 bits per heavy atom. The van der Waals surface area contributed by atoms with Crippen molar-refractivity contribution in [2.24, 2.45) is 0 Å². The highest BCUT2D eigenvalue weighted by Gasteiger charge is 2.28. The van der Waals surface area contributed by atoms with Crippen molar-refractivity contribution in [1.82, 2.24) is 35.8 Å². The largest absolute Gasteiger partial charge is 0.444 e. The van der Waals surface area contributed by atoms with Crippen LogP contribution in [0.1, 0.15) is 50.9 Å². The Labute approximate surface area is 279 Å². The molecule has 258 valence electrons. The molecule has 0 spiro atoms. The van der Waals surface area contributed by atoms with E-state index in [-0.39, 0.29) is 29.9 Å². The highest BCUT2D eigenvalue weighted by atomic mass is 32.2. The minimum Gasteiger partial charge on any atom is -0.444 e. The van der Waals surface area contributed by atoms with E-state index >= 15 is 0 Å². The highest BCUT2D eigenvalue weighted by Crippen LogP contribution is 2.16. The first-order valence-electron chi connectivity index (χ1n) is 15.1. The number of hydrogen-bond acceptors (Lipinski definition) is 9. The van der Waals surface area contributed by atoms with Gasteiger partial charge in [-0.2, -0.15) is 0 Å². The number of nitrogens with one attached hydrogen (secondary N) is 5. The summed E-state index contributed by atoms with van der Waals surface area (Å²) in [4.78, 5) is 67.4. The van der Waals surface area contributed by atoms with Crippen LogP contribution in [-0.4, -0.2) is 71.3 Å². The summed E-state index contributed by atoms with van der Waals surface area (Å²) in [5.74, 6) is -2.64. The minimum absolute atomic E-state index is 0.0382. The lowest BCUT2D eigenvalue weighted by Crippen LogP contribution is -2.55. The number of nitrogens with zero attached hydrogens (tertiary/aromatic N) is 2. The second-order valence-electron chi connectivity index (χ2n) is 11.8. The minimum atomic E-state index is -3.98. The number of aryl methyl sites for hydroxylation is 1. The third-order valence-corrected chi connectivity index (χ3v) is 8.26. The van der Waals surface area contributed by atoms with Gasteiger partial charge in [0.25, 0.3) is 15.9 Å². The number of benzene rings is 2. The first kappa shape index (κ1) is 37.2. The van der Waals surface area contributed by atoms with Gasteiger partial charge in [0.15, 0.2) is 0 Å². The number of rotatable bonds is 13. The molecule has 0 aliphatic rings. The third-order valence-electron chi connectivity index (χ3n) is 6.63. The summed E-state index contributed by atoms with van der Waals surface area (Å²) in [5.41, 5.74) is 5.42. The highest BCUT2D eigenvalue weighted by molar-refractivity contribution is 7.90. The predicted octanol–water partition coefficient (Wildman–Crippen LogP) is 1.27. The van der Waals surface area contributed by atoms with Gasteiger partial charge in [-0.1, -0.05) is 55.0 Å². The SMILES string of the molecule is CCC(=O)NNC(=O)[C@H](Cc1ccccc1)NC(=O)CNC(=O)[C@@H](Cc1cn(S(=O)(=O)c2ccc(C)cc2)cn1)NC(=O)OC(C)(C)C. The van der Waals surface area contributed by atoms with Gasteiger partial charge in [-0.05, 0) is 45.4 Å². The van der Waals surface area contributed by atoms with Gasteiger partial charge in [-0.3, -0.25) is 30.0 Å². The standard InChI is InChI=1S/C32H41N7O8S/c1-6-27(40)37-38-30(43)25(16-22-10-8-7-9-11-22)35-28(41)18-33-29(42)26(36-31(44)47-32(3,4)5)17-23-19-39(20-34-23)48(45,46)24-14-12-21(2)13-15-24/h7-15,19-20,25-26H,6,16-18H2,1-5H3,(H,33,42)(H,35,41)(H,36,44)(H,37,40)(H,38,43)/t25-,26+/m0/s1. The van der Waals surface area contributed by atoms with E-state index in [0.717, 1.165) is 21.4 Å². The van der Waals surface area contributed by atoms with Crippen molar-refractivity contribution in [3.8, 4) is 0 Å². The molecule has 48 heavy (non-hydrogen) atoms. The van der Waals surface area contributed by atoms with Gasteiger partial charge in [-0.15, -0.1) is 0 Å². The molecule has 0 aliphatic carbocycles. The Morgan fingerprint density at radius 1 is 0.854 bits per heavy atom. The molecule has 0 fully saturated rings. The average molecular weight is 684 g/mol. The molecule has 0 saturated carbocycles. The molecular formula is C32H41N7O8S. The van der Waals surface area contributed by atoms with Crippen LogP contribution in [0.15, 0.2) is 72.0 Å². The van der Waals surface area contributed by atoms with Crippen LogP contribution >= 0.6 is 0 Å². The molecule has 2 atom stereocenters. The first-order valence-corrected chi connectivity index (χ1v) is 16.6. The number of amides is 5. The Bertz CT molecular complexity index is 1700. The van der Waals surface area contributed by atoms with E-state index in [2.05, 4.69) is 31.8 Å². The normalized spacial score (nSPS) is 12.6. The van der Waals surface area contributed by atoms with E-state index < -0.39 is 64.0 Å². The van der Waals surface area contributed by atoms with Gasteiger partial charge in [0.2, 0.25) is 17.7 Å². The molecule has 3 aromatic rings. The van der Waals surface area contributed by atoms with Crippen LogP contribution in [0.5, 0.6) is 0 Å². The van der Waals surface area contributed by atoms with Gasteiger partial charge >= 0.3 is 6.09 Å².